The average molecular weight is 183 g/mol. The maximum atomic E-state index is 3.52. The lowest BCUT2D eigenvalue weighted by molar-refractivity contribution is 0.263. The van der Waals surface area contributed by atoms with E-state index < -0.39 is 0 Å². The van der Waals surface area contributed by atoms with Gasteiger partial charge in [0.25, 0.3) is 0 Å². The molecule has 0 aromatic heterocycles. The van der Waals surface area contributed by atoms with Gasteiger partial charge < -0.3 is 5.32 Å². The summed E-state index contributed by atoms with van der Waals surface area (Å²) in [6.45, 7) is 8.26. The number of nitrogens with one attached hydrogen (secondary N) is 1. The number of hydrogen-bond donors (Lipinski definition) is 1. The largest absolute Gasteiger partial charge is 0.314 e. The van der Waals surface area contributed by atoms with Gasteiger partial charge in [-0.2, -0.15) is 0 Å². The monoisotopic (exact) mass is 183 g/mol. The minimum Gasteiger partial charge on any atom is -0.314 e. The van der Waals surface area contributed by atoms with Gasteiger partial charge >= 0.3 is 0 Å². The first-order valence-electron chi connectivity index (χ1n) is 5.95. The summed E-state index contributed by atoms with van der Waals surface area (Å²) in [5.74, 6) is 1.94. The first-order valence-corrected chi connectivity index (χ1v) is 5.95. The van der Waals surface area contributed by atoms with Crippen LogP contribution in [0.25, 0.3) is 0 Å². The highest BCUT2D eigenvalue weighted by molar-refractivity contribution is 4.76. The molecule has 0 bridgehead atoms. The number of piperidine rings is 1. The Morgan fingerprint density at radius 3 is 2.85 bits per heavy atom. The van der Waals surface area contributed by atoms with Crippen LogP contribution in [0.2, 0.25) is 0 Å². The molecule has 78 valence electrons. The van der Waals surface area contributed by atoms with Gasteiger partial charge in [-0.1, -0.05) is 26.7 Å². The molecule has 1 aliphatic heterocycles. The molecule has 1 heterocycles. The molecule has 0 saturated carbocycles. The first-order chi connectivity index (χ1) is 6.22. The Bertz CT molecular complexity index is 133. The highest BCUT2D eigenvalue weighted by Crippen LogP contribution is 2.25. The van der Waals surface area contributed by atoms with Crippen LogP contribution in [-0.2, 0) is 0 Å². The van der Waals surface area contributed by atoms with Crippen LogP contribution in [0.1, 0.15) is 52.9 Å². The van der Waals surface area contributed by atoms with Gasteiger partial charge in [-0.15, -0.1) is 0 Å². The zero-order valence-electron chi connectivity index (χ0n) is 9.47. The van der Waals surface area contributed by atoms with Crippen molar-refractivity contribution in [3.63, 3.8) is 0 Å². The molecule has 0 aromatic carbocycles. The molecule has 1 aliphatic rings. The molecule has 1 fully saturated rings. The van der Waals surface area contributed by atoms with Crippen LogP contribution in [0.3, 0.4) is 0 Å². The summed E-state index contributed by atoms with van der Waals surface area (Å²) in [6, 6.07) is 0.757. The summed E-state index contributed by atoms with van der Waals surface area (Å²) < 4.78 is 0. The quantitative estimate of drug-likeness (QED) is 0.706. The van der Waals surface area contributed by atoms with Gasteiger partial charge in [-0.3, -0.25) is 0 Å². The van der Waals surface area contributed by atoms with Crippen LogP contribution in [0, 0.1) is 11.8 Å². The van der Waals surface area contributed by atoms with E-state index in [0.29, 0.717) is 0 Å². The Balaban J connectivity index is 2.19. The van der Waals surface area contributed by atoms with Gasteiger partial charge in [0.05, 0.1) is 0 Å². The number of hydrogen-bond acceptors (Lipinski definition) is 1. The molecule has 1 rings (SSSR count). The van der Waals surface area contributed by atoms with Gasteiger partial charge in [-0.25, -0.2) is 0 Å². The van der Waals surface area contributed by atoms with Crippen LogP contribution >= 0.6 is 0 Å². The van der Waals surface area contributed by atoms with E-state index in [1.165, 1.54) is 38.6 Å². The van der Waals surface area contributed by atoms with Crippen molar-refractivity contribution in [3.8, 4) is 0 Å². The molecular weight excluding hydrogens is 158 g/mol. The molecule has 3 atom stereocenters. The zero-order chi connectivity index (χ0) is 9.68. The van der Waals surface area contributed by atoms with Crippen molar-refractivity contribution in [1.29, 1.82) is 0 Å². The molecule has 3 unspecified atom stereocenters. The van der Waals surface area contributed by atoms with E-state index in [4.69, 9.17) is 0 Å². The Morgan fingerprint density at radius 1 is 1.46 bits per heavy atom. The predicted octanol–water partition coefficient (Wildman–Crippen LogP) is 3.20. The van der Waals surface area contributed by atoms with Crippen LogP contribution in [0.15, 0.2) is 0 Å². The van der Waals surface area contributed by atoms with Crippen molar-refractivity contribution >= 4 is 0 Å². The predicted molar refractivity (Wildman–Crippen MR) is 58.9 cm³/mol. The standard InChI is InChI=1S/C12H25N/c1-4-5-10(2)8-12-6-7-13-11(3)9-12/h10-13H,4-9H2,1-3H3. The molecule has 1 heteroatoms. The van der Waals surface area contributed by atoms with Gasteiger partial charge in [-0.05, 0) is 44.6 Å². The van der Waals surface area contributed by atoms with E-state index in [9.17, 15) is 0 Å². The second-order valence-corrected chi connectivity index (χ2v) is 4.88. The van der Waals surface area contributed by atoms with Crippen LogP contribution in [0.5, 0.6) is 0 Å². The molecule has 0 amide bonds. The fourth-order valence-corrected chi connectivity index (χ4v) is 2.63. The minimum absolute atomic E-state index is 0.757. The second kappa shape index (κ2) is 5.64. The van der Waals surface area contributed by atoms with Gasteiger partial charge in [0, 0.05) is 6.04 Å². The smallest absolute Gasteiger partial charge is 0.00413 e. The molecule has 1 N–H and O–H groups in total. The van der Waals surface area contributed by atoms with Gasteiger partial charge in [0.2, 0.25) is 0 Å². The van der Waals surface area contributed by atoms with E-state index in [2.05, 4.69) is 26.1 Å². The molecule has 1 saturated heterocycles. The molecule has 1 nitrogen and oxygen atoms in total. The summed E-state index contributed by atoms with van der Waals surface area (Å²) in [4.78, 5) is 0. The van der Waals surface area contributed by atoms with Crippen molar-refractivity contribution < 1.29 is 0 Å². The Kier molecular flexibility index (Phi) is 4.79. The normalized spacial score (nSPS) is 31.6. The zero-order valence-corrected chi connectivity index (χ0v) is 9.47. The van der Waals surface area contributed by atoms with Crippen molar-refractivity contribution in [3.05, 3.63) is 0 Å². The lowest BCUT2D eigenvalue weighted by Gasteiger charge is -2.29. The van der Waals surface area contributed by atoms with E-state index in [1.54, 1.807) is 0 Å². The summed E-state index contributed by atoms with van der Waals surface area (Å²) in [7, 11) is 0. The Hall–Kier alpha value is -0.0400. The topological polar surface area (TPSA) is 12.0 Å². The van der Waals surface area contributed by atoms with Crippen molar-refractivity contribution in [1.82, 2.24) is 5.32 Å². The van der Waals surface area contributed by atoms with Crippen LogP contribution < -0.4 is 5.32 Å². The summed E-state index contributed by atoms with van der Waals surface area (Å²) in [5.41, 5.74) is 0. The van der Waals surface area contributed by atoms with Crippen molar-refractivity contribution in [2.24, 2.45) is 11.8 Å². The SMILES string of the molecule is CCCC(C)CC1CCNC(C)C1. The third-order valence-electron chi connectivity index (χ3n) is 3.25. The van der Waals surface area contributed by atoms with Crippen molar-refractivity contribution in [2.45, 2.75) is 58.9 Å². The summed E-state index contributed by atoms with van der Waals surface area (Å²) >= 11 is 0. The highest BCUT2D eigenvalue weighted by Gasteiger charge is 2.19. The van der Waals surface area contributed by atoms with Gasteiger partial charge in [0.15, 0.2) is 0 Å². The van der Waals surface area contributed by atoms with Gasteiger partial charge in [0.1, 0.15) is 0 Å². The van der Waals surface area contributed by atoms with E-state index in [1.807, 2.05) is 0 Å². The fourth-order valence-electron chi connectivity index (χ4n) is 2.63. The van der Waals surface area contributed by atoms with E-state index >= 15 is 0 Å². The molecule has 0 spiro atoms. The molecule has 0 radical (unpaired) electrons. The number of rotatable bonds is 4. The lowest BCUT2D eigenvalue weighted by atomic mass is 9.84. The average Bonchev–Trinajstić information content (AvgIpc) is 2.04. The third kappa shape index (κ3) is 4.12. The maximum Gasteiger partial charge on any atom is 0.00413 e. The Morgan fingerprint density at radius 2 is 2.23 bits per heavy atom. The summed E-state index contributed by atoms with van der Waals surface area (Å²) in [5, 5.41) is 3.52. The van der Waals surface area contributed by atoms with E-state index in [-0.39, 0.29) is 0 Å². The minimum atomic E-state index is 0.757. The van der Waals surface area contributed by atoms with Crippen LogP contribution in [0.4, 0.5) is 0 Å². The Labute approximate surface area is 83.3 Å². The maximum absolute atomic E-state index is 3.52. The first kappa shape index (κ1) is 11.0. The van der Waals surface area contributed by atoms with E-state index in [0.717, 1.165) is 17.9 Å². The van der Waals surface area contributed by atoms with Crippen LogP contribution in [-0.4, -0.2) is 12.6 Å². The highest BCUT2D eigenvalue weighted by atomic mass is 14.9. The fraction of sp³-hybridized carbons (Fsp3) is 1.00. The molecule has 0 aliphatic carbocycles. The molecule has 0 aromatic rings. The molecule has 13 heavy (non-hydrogen) atoms. The third-order valence-corrected chi connectivity index (χ3v) is 3.25. The lowest BCUT2D eigenvalue weighted by Crippen LogP contribution is -2.36. The summed E-state index contributed by atoms with van der Waals surface area (Å²) in [6.07, 6.45) is 7.02. The second-order valence-electron chi connectivity index (χ2n) is 4.88. The molecular formula is C12H25N. The van der Waals surface area contributed by atoms with Crippen molar-refractivity contribution in [2.75, 3.05) is 6.54 Å².